The average Bonchev–Trinajstić information content (AvgIpc) is 3.13. The second kappa shape index (κ2) is 44.7. The molecule has 13 nitrogen and oxygen atoms in total. The van der Waals surface area contributed by atoms with Crippen LogP contribution in [0.25, 0.3) is 0 Å². The maximum absolute atomic E-state index is 11.7. The third-order valence-electron chi connectivity index (χ3n) is 7.43. The molecular formula is C38H74O13. The number of esters is 2. The van der Waals surface area contributed by atoms with Crippen LogP contribution in [0.15, 0.2) is 0 Å². The van der Waals surface area contributed by atoms with Gasteiger partial charge in [-0.1, -0.05) is 78.1 Å². The average molecular weight is 739 g/mol. The number of carbonyl (C=O) groups excluding carboxylic acids is 2. The Labute approximate surface area is 309 Å². The molecule has 0 spiro atoms. The van der Waals surface area contributed by atoms with E-state index in [-0.39, 0.29) is 25.2 Å². The molecule has 13 heteroatoms. The molecule has 0 heterocycles. The first-order valence-electron chi connectivity index (χ1n) is 19.7. The fourth-order valence-electron chi connectivity index (χ4n) is 4.53. The fourth-order valence-corrected chi connectivity index (χ4v) is 4.53. The molecule has 0 bridgehead atoms. The fraction of sp³-hybridized carbons (Fsp3) is 0.947. The van der Waals surface area contributed by atoms with Crippen molar-refractivity contribution in [3.63, 3.8) is 0 Å². The van der Waals surface area contributed by atoms with Crippen LogP contribution in [0, 0.1) is 0 Å². The number of ether oxygens (including phenoxy) is 11. The normalized spacial score (nSPS) is 11.3. The van der Waals surface area contributed by atoms with Gasteiger partial charge in [0.2, 0.25) is 0 Å². The largest absolute Gasteiger partial charge is 0.463 e. The lowest BCUT2D eigenvalue weighted by molar-refractivity contribution is -0.146. The van der Waals surface area contributed by atoms with E-state index < -0.39 is 0 Å². The molecule has 0 N–H and O–H groups in total. The van der Waals surface area contributed by atoms with E-state index in [2.05, 4.69) is 13.8 Å². The van der Waals surface area contributed by atoms with Gasteiger partial charge in [-0.25, -0.2) is 0 Å². The van der Waals surface area contributed by atoms with E-state index in [1.165, 1.54) is 51.4 Å². The van der Waals surface area contributed by atoms with Crippen LogP contribution in [0.4, 0.5) is 0 Å². The van der Waals surface area contributed by atoms with Crippen molar-refractivity contribution in [2.45, 2.75) is 104 Å². The quantitative estimate of drug-likeness (QED) is 0.0557. The second-order valence-electron chi connectivity index (χ2n) is 12.0. The Kier molecular flexibility index (Phi) is 43.5. The van der Waals surface area contributed by atoms with Gasteiger partial charge in [0, 0.05) is 12.8 Å². The minimum atomic E-state index is -0.145. The van der Waals surface area contributed by atoms with Crippen LogP contribution in [0.5, 0.6) is 0 Å². The molecule has 0 fully saturated rings. The van der Waals surface area contributed by atoms with Crippen molar-refractivity contribution in [1.82, 2.24) is 0 Å². The van der Waals surface area contributed by atoms with Crippen LogP contribution >= 0.6 is 0 Å². The van der Waals surface area contributed by atoms with Gasteiger partial charge in [0.15, 0.2) is 0 Å². The summed E-state index contributed by atoms with van der Waals surface area (Å²) in [4.78, 5) is 23.3. The van der Waals surface area contributed by atoms with Gasteiger partial charge in [0.1, 0.15) is 13.2 Å². The van der Waals surface area contributed by atoms with Crippen LogP contribution in [0.1, 0.15) is 104 Å². The lowest BCUT2D eigenvalue weighted by Gasteiger charge is -2.09. The van der Waals surface area contributed by atoms with Gasteiger partial charge < -0.3 is 52.1 Å². The standard InChI is InChI=1S/C38H74O13/c1-3-5-7-9-11-13-15-37(39)50-35-33-48-31-29-46-27-25-44-23-21-42-19-17-41-18-20-43-22-24-45-26-28-47-30-32-49-34-36-51-38(40)16-14-12-10-8-6-4-2/h3-36H2,1-2H3. The van der Waals surface area contributed by atoms with E-state index in [4.69, 9.17) is 52.1 Å². The molecule has 0 aliphatic carbocycles. The number of carbonyl (C=O) groups is 2. The van der Waals surface area contributed by atoms with Crippen LogP contribution in [-0.2, 0) is 61.7 Å². The zero-order valence-corrected chi connectivity index (χ0v) is 32.3. The first kappa shape index (κ1) is 49.6. The molecular weight excluding hydrogens is 664 g/mol. The first-order chi connectivity index (χ1) is 25.2. The van der Waals surface area contributed by atoms with Gasteiger partial charge >= 0.3 is 11.9 Å². The maximum atomic E-state index is 11.7. The van der Waals surface area contributed by atoms with Gasteiger partial charge in [-0.3, -0.25) is 9.59 Å². The van der Waals surface area contributed by atoms with E-state index in [9.17, 15) is 9.59 Å². The molecule has 0 amide bonds. The topological polar surface area (TPSA) is 136 Å². The van der Waals surface area contributed by atoms with Crippen molar-refractivity contribution in [2.24, 2.45) is 0 Å². The van der Waals surface area contributed by atoms with E-state index in [0.29, 0.717) is 132 Å². The highest BCUT2D eigenvalue weighted by Gasteiger charge is 2.04. The molecule has 0 rings (SSSR count). The molecule has 51 heavy (non-hydrogen) atoms. The molecule has 0 atom stereocenters. The molecule has 0 aromatic rings. The van der Waals surface area contributed by atoms with Crippen LogP contribution in [0.3, 0.4) is 0 Å². The summed E-state index contributed by atoms with van der Waals surface area (Å²) < 4.78 is 59.5. The molecule has 0 aromatic heterocycles. The van der Waals surface area contributed by atoms with Gasteiger partial charge in [0.25, 0.3) is 0 Å². The van der Waals surface area contributed by atoms with E-state index in [0.717, 1.165) is 25.7 Å². The van der Waals surface area contributed by atoms with Gasteiger partial charge in [-0.2, -0.15) is 0 Å². The van der Waals surface area contributed by atoms with Gasteiger partial charge in [-0.05, 0) is 12.8 Å². The molecule has 0 radical (unpaired) electrons. The zero-order chi connectivity index (χ0) is 37.0. The van der Waals surface area contributed by atoms with Crippen molar-refractivity contribution in [3.8, 4) is 0 Å². The molecule has 0 aliphatic rings. The molecule has 0 unspecified atom stereocenters. The van der Waals surface area contributed by atoms with Crippen LogP contribution in [0.2, 0.25) is 0 Å². The predicted molar refractivity (Wildman–Crippen MR) is 195 cm³/mol. The smallest absolute Gasteiger partial charge is 0.305 e. The van der Waals surface area contributed by atoms with E-state index >= 15 is 0 Å². The number of hydrogen-bond donors (Lipinski definition) is 0. The number of unbranched alkanes of at least 4 members (excludes halogenated alkanes) is 10. The first-order valence-corrected chi connectivity index (χ1v) is 19.7. The molecule has 0 aliphatic heterocycles. The third-order valence-corrected chi connectivity index (χ3v) is 7.43. The monoisotopic (exact) mass is 739 g/mol. The van der Waals surface area contributed by atoms with Crippen molar-refractivity contribution in [1.29, 1.82) is 0 Å². The van der Waals surface area contributed by atoms with E-state index in [1.54, 1.807) is 0 Å². The Bertz CT molecular complexity index is 643. The lowest BCUT2D eigenvalue weighted by Crippen LogP contribution is -2.15. The van der Waals surface area contributed by atoms with Crippen LogP contribution in [-0.4, -0.2) is 144 Å². The maximum Gasteiger partial charge on any atom is 0.305 e. The summed E-state index contributed by atoms with van der Waals surface area (Å²) in [6.45, 7) is 13.4. The summed E-state index contributed by atoms with van der Waals surface area (Å²) in [5, 5.41) is 0. The Morgan fingerprint density at radius 2 is 0.471 bits per heavy atom. The third kappa shape index (κ3) is 44.7. The Morgan fingerprint density at radius 1 is 0.275 bits per heavy atom. The lowest BCUT2D eigenvalue weighted by atomic mass is 10.1. The minimum absolute atomic E-state index is 0.145. The van der Waals surface area contributed by atoms with Gasteiger partial charge in [-0.15, -0.1) is 0 Å². The Balaban J connectivity index is 3.13. The highest BCUT2D eigenvalue weighted by atomic mass is 16.6. The summed E-state index contributed by atoms with van der Waals surface area (Å²) in [5.41, 5.74) is 0. The number of hydrogen-bond acceptors (Lipinski definition) is 13. The minimum Gasteiger partial charge on any atom is -0.463 e. The highest BCUT2D eigenvalue weighted by molar-refractivity contribution is 5.69. The van der Waals surface area contributed by atoms with Crippen LogP contribution < -0.4 is 0 Å². The van der Waals surface area contributed by atoms with Gasteiger partial charge in [0.05, 0.1) is 119 Å². The predicted octanol–water partition coefficient (Wildman–Crippen LogP) is 5.72. The molecule has 0 saturated heterocycles. The molecule has 304 valence electrons. The highest BCUT2D eigenvalue weighted by Crippen LogP contribution is 2.08. The number of rotatable bonds is 44. The summed E-state index contributed by atoms with van der Waals surface area (Å²) in [7, 11) is 0. The Hall–Kier alpha value is -1.42. The van der Waals surface area contributed by atoms with Crippen molar-refractivity contribution >= 4 is 11.9 Å². The summed E-state index contributed by atoms with van der Waals surface area (Å²) >= 11 is 0. The van der Waals surface area contributed by atoms with Crippen molar-refractivity contribution in [3.05, 3.63) is 0 Å². The SMILES string of the molecule is CCCCCCCCC(=O)OCCOCCOCCOCCOCCOCCOCCOCCOCCOCCOC(=O)CCCCCCCC. The Morgan fingerprint density at radius 3 is 0.706 bits per heavy atom. The van der Waals surface area contributed by atoms with E-state index in [1.807, 2.05) is 0 Å². The summed E-state index contributed by atoms with van der Waals surface area (Å²) in [6, 6.07) is 0. The summed E-state index contributed by atoms with van der Waals surface area (Å²) in [6.07, 6.45) is 14.8. The summed E-state index contributed by atoms with van der Waals surface area (Å²) in [5.74, 6) is -0.291. The molecule has 0 aromatic carbocycles. The molecule has 0 saturated carbocycles. The zero-order valence-electron chi connectivity index (χ0n) is 32.3. The second-order valence-corrected chi connectivity index (χ2v) is 12.0. The van der Waals surface area contributed by atoms with Crippen molar-refractivity contribution < 1.29 is 61.7 Å². The van der Waals surface area contributed by atoms with Crippen molar-refractivity contribution in [2.75, 3.05) is 132 Å².